The number of hydrogen-bond donors (Lipinski definition) is 1. The Morgan fingerprint density at radius 3 is 2.80 bits per heavy atom. The predicted octanol–water partition coefficient (Wildman–Crippen LogP) is 1.92. The van der Waals surface area contributed by atoms with Crippen LogP contribution in [0.15, 0.2) is 6.20 Å². The maximum atomic E-state index is 5.62. The summed E-state index contributed by atoms with van der Waals surface area (Å²) in [6.45, 7) is 6.24. The molecule has 1 aliphatic carbocycles. The smallest absolute Gasteiger partial charge is 0.0525 e. The fraction of sp³-hybridized carbons (Fsp3) is 0.750. The lowest BCUT2D eigenvalue weighted by Crippen LogP contribution is -2.11. The van der Waals surface area contributed by atoms with Gasteiger partial charge in [0.15, 0.2) is 0 Å². The van der Waals surface area contributed by atoms with Gasteiger partial charge in [0, 0.05) is 18.2 Å². The molecule has 0 bridgehead atoms. The largest absolute Gasteiger partial charge is 0.330 e. The van der Waals surface area contributed by atoms with Crippen LogP contribution in [0.5, 0.6) is 0 Å². The molecule has 1 heterocycles. The van der Waals surface area contributed by atoms with Crippen LogP contribution < -0.4 is 5.73 Å². The second kappa shape index (κ2) is 4.35. The summed E-state index contributed by atoms with van der Waals surface area (Å²) in [5.41, 5.74) is 8.47. The molecule has 3 nitrogen and oxygen atoms in total. The molecule has 0 unspecified atom stereocenters. The summed E-state index contributed by atoms with van der Waals surface area (Å²) in [6, 6.07) is 0. The van der Waals surface area contributed by atoms with E-state index < -0.39 is 0 Å². The zero-order chi connectivity index (χ0) is 10.8. The van der Waals surface area contributed by atoms with E-state index in [0.29, 0.717) is 5.92 Å². The first kappa shape index (κ1) is 10.7. The molecule has 0 aromatic carbocycles. The molecule has 1 aliphatic rings. The van der Waals surface area contributed by atoms with Gasteiger partial charge < -0.3 is 5.73 Å². The molecule has 0 radical (unpaired) electrons. The van der Waals surface area contributed by atoms with E-state index in [1.165, 1.54) is 24.1 Å². The molecule has 84 valence electrons. The van der Waals surface area contributed by atoms with Gasteiger partial charge in [0.25, 0.3) is 0 Å². The van der Waals surface area contributed by atoms with Crippen molar-refractivity contribution in [2.75, 3.05) is 6.54 Å². The molecule has 0 amide bonds. The Bertz CT molecular complexity index is 324. The van der Waals surface area contributed by atoms with E-state index in [2.05, 4.69) is 23.6 Å². The van der Waals surface area contributed by atoms with E-state index in [1.807, 2.05) is 6.20 Å². The van der Waals surface area contributed by atoms with E-state index in [-0.39, 0.29) is 0 Å². The van der Waals surface area contributed by atoms with E-state index in [4.69, 9.17) is 5.73 Å². The molecule has 15 heavy (non-hydrogen) atoms. The normalized spacial score (nSPS) is 16.3. The molecule has 0 saturated heterocycles. The molecule has 1 saturated carbocycles. The molecule has 2 N–H and O–H groups in total. The molecular formula is C12H21N3. The molecule has 1 aromatic heterocycles. The van der Waals surface area contributed by atoms with Crippen LogP contribution in [0.3, 0.4) is 0 Å². The molecule has 2 rings (SSSR count). The topological polar surface area (TPSA) is 43.8 Å². The van der Waals surface area contributed by atoms with Crippen molar-refractivity contribution >= 4 is 0 Å². The second-order valence-corrected chi connectivity index (χ2v) is 4.94. The number of rotatable bonds is 5. The summed E-state index contributed by atoms with van der Waals surface area (Å²) in [4.78, 5) is 0. The molecular weight excluding hydrogens is 186 g/mol. The highest BCUT2D eigenvalue weighted by Crippen LogP contribution is 2.41. The van der Waals surface area contributed by atoms with Crippen molar-refractivity contribution in [2.45, 2.75) is 45.6 Å². The summed E-state index contributed by atoms with van der Waals surface area (Å²) in [5.74, 6) is 1.43. The van der Waals surface area contributed by atoms with Crippen molar-refractivity contribution in [1.29, 1.82) is 0 Å². The fourth-order valence-electron chi connectivity index (χ4n) is 2.10. The van der Waals surface area contributed by atoms with Gasteiger partial charge in [-0.2, -0.15) is 5.10 Å². The van der Waals surface area contributed by atoms with E-state index in [1.54, 1.807) is 0 Å². The Hall–Kier alpha value is -0.830. The number of nitrogens with zero attached hydrogens (tertiary/aromatic N) is 2. The van der Waals surface area contributed by atoms with Crippen molar-refractivity contribution in [3.05, 3.63) is 17.5 Å². The average molecular weight is 207 g/mol. The van der Waals surface area contributed by atoms with Crippen LogP contribution in [0.2, 0.25) is 0 Å². The Kier molecular flexibility index (Phi) is 3.10. The van der Waals surface area contributed by atoms with Crippen LogP contribution in [0.25, 0.3) is 0 Å². The lowest BCUT2D eigenvalue weighted by atomic mass is 10.1. The van der Waals surface area contributed by atoms with Crippen LogP contribution >= 0.6 is 0 Å². The van der Waals surface area contributed by atoms with Crippen molar-refractivity contribution < 1.29 is 0 Å². The van der Waals surface area contributed by atoms with Gasteiger partial charge >= 0.3 is 0 Å². The first-order valence-electron chi connectivity index (χ1n) is 5.97. The standard InChI is InChI=1S/C12H21N3/c1-9(2)8-15-12(10-3-4-10)11(5-6-13)7-14-15/h7,9-10H,3-6,8,13H2,1-2H3. The van der Waals surface area contributed by atoms with Crippen LogP contribution in [0, 0.1) is 5.92 Å². The van der Waals surface area contributed by atoms with Crippen LogP contribution in [-0.4, -0.2) is 16.3 Å². The quantitative estimate of drug-likeness (QED) is 0.801. The van der Waals surface area contributed by atoms with Gasteiger partial charge in [-0.1, -0.05) is 13.8 Å². The molecule has 3 heteroatoms. The summed E-state index contributed by atoms with van der Waals surface area (Å²) < 4.78 is 2.20. The Labute approximate surface area is 91.7 Å². The number of hydrogen-bond acceptors (Lipinski definition) is 2. The lowest BCUT2D eigenvalue weighted by molar-refractivity contribution is 0.468. The van der Waals surface area contributed by atoms with Crippen molar-refractivity contribution in [3.63, 3.8) is 0 Å². The summed E-state index contributed by atoms with van der Waals surface area (Å²) >= 11 is 0. The minimum atomic E-state index is 0.660. The van der Waals surface area contributed by atoms with Crippen LogP contribution in [0.4, 0.5) is 0 Å². The minimum Gasteiger partial charge on any atom is -0.330 e. The van der Waals surface area contributed by atoms with Gasteiger partial charge in [-0.15, -0.1) is 0 Å². The van der Waals surface area contributed by atoms with Gasteiger partial charge in [-0.25, -0.2) is 0 Å². The van der Waals surface area contributed by atoms with E-state index in [9.17, 15) is 0 Å². The summed E-state index contributed by atoms with van der Waals surface area (Å²) in [5, 5.41) is 4.50. The molecule has 1 fully saturated rings. The molecule has 0 atom stereocenters. The predicted molar refractivity (Wildman–Crippen MR) is 61.8 cm³/mol. The third-order valence-electron chi connectivity index (χ3n) is 2.88. The average Bonchev–Trinajstić information content (AvgIpc) is 2.92. The Morgan fingerprint density at radius 1 is 1.53 bits per heavy atom. The molecule has 0 aliphatic heterocycles. The Balaban J connectivity index is 2.21. The zero-order valence-corrected chi connectivity index (χ0v) is 9.74. The second-order valence-electron chi connectivity index (χ2n) is 4.94. The SMILES string of the molecule is CC(C)Cn1ncc(CCN)c1C1CC1. The summed E-state index contributed by atoms with van der Waals surface area (Å²) in [7, 11) is 0. The van der Waals surface area contributed by atoms with Crippen LogP contribution in [0.1, 0.15) is 43.9 Å². The van der Waals surface area contributed by atoms with Gasteiger partial charge in [0.05, 0.1) is 6.20 Å². The van der Waals surface area contributed by atoms with Crippen molar-refractivity contribution in [2.24, 2.45) is 11.7 Å². The third kappa shape index (κ3) is 2.40. The highest BCUT2D eigenvalue weighted by molar-refractivity contribution is 5.26. The highest BCUT2D eigenvalue weighted by atomic mass is 15.3. The third-order valence-corrected chi connectivity index (χ3v) is 2.88. The van der Waals surface area contributed by atoms with E-state index in [0.717, 1.165) is 25.4 Å². The number of aromatic nitrogens is 2. The monoisotopic (exact) mass is 207 g/mol. The maximum Gasteiger partial charge on any atom is 0.0525 e. The fourth-order valence-corrected chi connectivity index (χ4v) is 2.10. The van der Waals surface area contributed by atoms with Crippen LogP contribution in [-0.2, 0) is 13.0 Å². The van der Waals surface area contributed by atoms with Gasteiger partial charge in [0.2, 0.25) is 0 Å². The highest BCUT2D eigenvalue weighted by Gasteiger charge is 2.29. The van der Waals surface area contributed by atoms with Crippen molar-refractivity contribution in [1.82, 2.24) is 9.78 Å². The zero-order valence-electron chi connectivity index (χ0n) is 9.74. The first-order valence-corrected chi connectivity index (χ1v) is 5.97. The summed E-state index contributed by atoms with van der Waals surface area (Å²) in [6.07, 6.45) is 5.66. The lowest BCUT2D eigenvalue weighted by Gasteiger charge is -2.10. The van der Waals surface area contributed by atoms with E-state index >= 15 is 0 Å². The Morgan fingerprint density at radius 2 is 2.27 bits per heavy atom. The molecule has 1 aromatic rings. The maximum absolute atomic E-state index is 5.62. The number of nitrogens with two attached hydrogens (primary N) is 1. The molecule has 0 spiro atoms. The minimum absolute atomic E-state index is 0.660. The van der Waals surface area contributed by atoms with Crippen molar-refractivity contribution in [3.8, 4) is 0 Å². The van der Waals surface area contributed by atoms with Gasteiger partial charge in [-0.05, 0) is 37.3 Å². The van der Waals surface area contributed by atoms with Gasteiger partial charge in [-0.3, -0.25) is 4.68 Å². The van der Waals surface area contributed by atoms with Gasteiger partial charge in [0.1, 0.15) is 0 Å². The first-order chi connectivity index (χ1) is 7.22.